The zero-order valence-electron chi connectivity index (χ0n) is 7.89. The number of benzene rings is 1. The molecular weight excluding hydrogens is 148 g/mol. The lowest BCUT2D eigenvalue weighted by molar-refractivity contribution is 0.446. The lowest BCUT2D eigenvalue weighted by Gasteiger charge is -2.22. The molecule has 1 N–H and O–H groups in total. The predicted octanol–water partition coefficient (Wildman–Crippen LogP) is 2.87. The maximum absolute atomic E-state index is 9.59. The van der Waals surface area contributed by atoms with E-state index in [0.717, 1.165) is 11.1 Å². The monoisotopic (exact) mass is 163 g/mol. The summed E-state index contributed by atoms with van der Waals surface area (Å²) in [4.78, 5) is 0. The van der Waals surface area contributed by atoms with Crippen molar-refractivity contribution in [3.8, 4) is 5.75 Å². The van der Waals surface area contributed by atoms with E-state index in [4.69, 9.17) is 0 Å². The summed E-state index contributed by atoms with van der Waals surface area (Å²) in [5.41, 5.74) is 1.80. The Balaban J connectivity index is 3.31. The highest BCUT2D eigenvalue weighted by molar-refractivity contribution is 5.45. The Morgan fingerprint density at radius 3 is 2.17 bits per heavy atom. The third-order valence-corrected chi connectivity index (χ3v) is 1.88. The van der Waals surface area contributed by atoms with Crippen molar-refractivity contribution in [2.75, 3.05) is 0 Å². The van der Waals surface area contributed by atoms with E-state index < -0.39 is 0 Å². The molecule has 0 spiro atoms. The van der Waals surface area contributed by atoms with E-state index >= 15 is 0 Å². The quantitative estimate of drug-likeness (QED) is 0.623. The third-order valence-electron chi connectivity index (χ3n) is 1.88. The molecular formula is C11H15O. The van der Waals surface area contributed by atoms with Crippen LogP contribution in [0.5, 0.6) is 5.75 Å². The number of phenols is 1. The standard InChI is InChI=1S/C11H15O/c1-8-6-5-7-9(12)10(8)11(2,3)4/h5-7,12H,1H2,2-4H3. The van der Waals surface area contributed by atoms with Crippen molar-refractivity contribution in [3.05, 3.63) is 36.2 Å². The highest BCUT2D eigenvalue weighted by atomic mass is 16.3. The van der Waals surface area contributed by atoms with Crippen molar-refractivity contribution < 1.29 is 5.11 Å². The van der Waals surface area contributed by atoms with Gasteiger partial charge in [-0.05, 0) is 24.0 Å². The number of aromatic hydroxyl groups is 1. The average Bonchev–Trinajstić information content (AvgIpc) is 1.82. The van der Waals surface area contributed by atoms with Crippen LogP contribution in [-0.2, 0) is 5.41 Å². The minimum atomic E-state index is -0.0393. The SMILES string of the molecule is [CH2]c1cccc(O)c1C(C)(C)C. The van der Waals surface area contributed by atoms with Gasteiger partial charge in [0.05, 0.1) is 0 Å². The van der Waals surface area contributed by atoms with Gasteiger partial charge >= 0.3 is 0 Å². The molecule has 0 aliphatic rings. The number of hydrogen-bond acceptors (Lipinski definition) is 1. The average molecular weight is 163 g/mol. The third kappa shape index (κ3) is 1.60. The Morgan fingerprint density at radius 1 is 1.25 bits per heavy atom. The van der Waals surface area contributed by atoms with E-state index in [-0.39, 0.29) is 5.41 Å². The molecule has 12 heavy (non-hydrogen) atoms. The van der Waals surface area contributed by atoms with Crippen molar-refractivity contribution in [2.45, 2.75) is 26.2 Å². The maximum atomic E-state index is 9.59. The molecule has 1 aromatic carbocycles. The fraction of sp³-hybridized carbons (Fsp3) is 0.364. The molecule has 65 valence electrons. The summed E-state index contributed by atoms with van der Waals surface area (Å²) in [5.74, 6) is 0.343. The molecule has 1 nitrogen and oxygen atoms in total. The van der Waals surface area contributed by atoms with Gasteiger partial charge in [0, 0.05) is 5.56 Å². The lowest BCUT2D eigenvalue weighted by Crippen LogP contribution is -2.13. The second-order valence-corrected chi connectivity index (χ2v) is 4.06. The van der Waals surface area contributed by atoms with E-state index in [2.05, 4.69) is 27.7 Å². The van der Waals surface area contributed by atoms with Crippen LogP contribution >= 0.6 is 0 Å². The number of rotatable bonds is 0. The van der Waals surface area contributed by atoms with Crippen LogP contribution in [0.2, 0.25) is 0 Å². The molecule has 0 bridgehead atoms. The van der Waals surface area contributed by atoms with Crippen molar-refractivity contribution >= 4 is 0 Å². The molecule has 0 aromatic heterocycles. The van der Waals surface area contributed by atoms with Gasteiger partial charge in [0.2, 0.25) is 0 Å². The fourth-order valence-corrected chi connectivity index (χ4v) is 1.45. The van der Waals surface area contributed by atoms with Crippen LogP contribution in [0.1, 0.15) is 31.9 Å². The first kappa shape index (κ1) is 9.11. The predicted molar refractivity (Wildman–Crippen MR) is 51.3 cm³/mol. The van der Waals surface area contributed by atoms with E-state index in [0.29, 0.717) is 5.75 Å². The summed E-state index contributed by atoms with van der Waals surface area (Å²) in [6.07, 6.45) is 0. The minimum Gasteiger partial charge on any atom is -0.508 e. The Morgan fingerprint density at radius 2 is 1.83 bits per heavy atom. The fourth-order valence-electron chi connectivity index (χ4n) is 1.45. The zero-order chi connectivity index (χ0) is 9.35. The maximum Gasteiger partial charge on any atom is 0.119 e. The second-order valence-electron chi connectivity index (χ2n) is 4.06. The first-order valence-electron chi connectivity index (χ1n) is 4.07. The number of hydrogen-bond donors (Lipinski definition) is 1. The van der Waals surface area contributed by atoms with Gasteiger partial charge in [0.25, 0.3) is 0 Å². The van der Waals surface area contributed by atoms with Crippen molar-refractivity contribution in [1.82, 2.24) is 0 Å². The van der Waals surface area contributed by atoms with Crippen LogP contribution in [0, 0.1) is 6.92 Å². The van der Waals surface area contributed by atoms with Gasteiger partial charge in [0.1, 0.15) is 5.75 Å². The van der Waals surface area contributed by atoms with Gasteiger partial charge in [-0.15, -0.1) is 0 Å². The molecule has 1 radical (unpaired) electrons. The lowest BCUT2D eigenvalue weighted by atomic mass is 9.83. The summed E-state index contributed by atoms with van der Waals surface area (Å²) in [7, 11) is 0. The summed E-state index contributed by atoms with van der Waals surface area (Å²) in [6, 6.07) is 5.43. The van der Waals surface area contributed by atoms with Crippen LogP contribution < -0.4 is 0 Å². The molecule has 0 saturated heterocycles. The van der Waals surface area contributed by atoms with Gasteiger partial charge in [-0.2, -0.15) is 0 Å². The summed E-state index contributed by atoms with van der Waals surface area (Å²) < 4.78 is 0. The Bertz CT molecular complexity index is 261. The van der Waals surface area contributed by atoms with Crippen molar-refractivity contribution in [2.24, 2.45) is 0 Å². The summed E-state index contributed by atoms with van der Waals surface area (Å²) in [6.45, 7) is 10.1. The topological polar surface area (TPSA) is 20.2 Å². The molecule has 0 amide bonds. The smallest absolute Gasteiger partial charge is 0.119 e. The molecule has 0 aliphatic heterocycles. The van der Waals surface area contributed by atoms with Gasteiger partial charge in [-0.3, -0.25) is 0 Å². The number of phenolic OH excluding ortho intramolecular Hbond substituents is 1. The zero-order valence-corrected chi connectivity index (χ0v) is 7.89. The van der Waals surface area contributed by atoms with Gasteiger partial charge in [0.15, 0.2) is 0 Å². The van der Waals surface area contributed by atoms with Crippen molar-refractivity contribution in [3.63, 3.8) is 0 Å². The first-order valence-corrected chi connectivity index (χ1v) is 4.07. The van der Waals surface area contributed by atoms with Crippen LogP contribution in [-0.4, -0.2) is 5.11 Å². The molecule has 1 heteroatoms. The molecule has 0 aliphatic carbocycles. The summed E-state index contributed by atoms with van der Waals surface area (Å²) >= 11 is 0. The van der Waals surface area contributed by atoms with Crippen LogP contribution in [0.3, 0.4) is 0 Å². The van der Waals surface area contributed by atoms with Crippen LogP contribution in [0.15, 0.2) is 18.2 Å². The largest absolute Gasteiger partial charge is 0.508 e. The van der Waals surface area contributed by atoms with E-state index in [1.54, 1.807) is 6.07 Å². The second kappa shape index (κ2) is 2.81. The van der Waals surface area contributed by atoms with Gasteiger partial charge in [-0.1, -0.05) is 32.9 Å². The molecule has 0 fully saturated rings. The summed E-state index contributed by atoms with van der Waals surface area (Å²) in [5, 5.41) is 9.59. The molecule has 0 heterocycles. The Labute approximate surface area is 74.1 Å². The molecule has 1 rings (SSSR count). The normalized spacial score (nSPS) is 11.7. The highest BCUT2D eigenvalue weighted by Gasteiger charge is 2.19. The first-order chi connectivity index (χ1) is 5.43. The van der Waals surface area contributed by atoms with Gasteiger partial charge < -0.3 is 5.11 Å². The minimum absolute atomic E-state index is 0.0393. The molecule has 1 aromatic rings. The van der Waals surface area contributed by atoms with Crippen LogP contribution in [0.25, 0.3) is 0 Å². The van der Waals surface area contributed by atoms with Gasteiger partial charge in [-0.25, -0.2) is 0 Å². The molecule has 0 unspecified atom stereocenters. The highest BCUT2D eigenvalue weighted by Crippen LogP contribution is 2.32. The molecule has 0 saturated carbocycles. The van der Waals surface area contributed by atoms with Crippen molar-refractivity contribution in [1.29, 1.82) is 0 Å². The Kier molecular flexibility index (Phi) is 2.14. The van der Waals surface area contributed by atoms with E-state index in [9.17, 15) is 5.11 Å². The van der Waals surface area contributed by atoms with E-state index in [1.807, 2.05) is 12.1 Å². The van der Waals surface area contributed by atoms with E-state index in [1.165, 1.54) is 0 Å². The van der Waals surface area contributed by atoms with Crippen LogP contribution in [0.4, 0.5) is 0 Å². The molecule has 0 atom stereocenters. The Hall–Kier alpha value is -0.980.